The minimum absolute atomic E-state index is 0.268. The summed E-state index contributed by atoms with van der Waals surface area (Å²) in [7, 11) is 1.87. The van der Waals surface area contributed by atoms with Crippen LogP contribution in [-0.4, -0.2) is 35.3 Å². The van der Waals surface area contributed by atoms with Crippen molar-refractivity contribution in [2.75, 3.05) is 30.8 Å². The number of anilines is 2. The summed E-state index contributed by atoms with van der Waals surface area (Å²) in [5.41, 5.74) is 0.289. The van der Waals surface area contributed by atoms with Gasteiger partial charge in [0.05, 0.1) is 0 Å². The van der Waals surface area contributed by atoms with E-state index in [-0.39, 0.29) is 12.0 Å². The molecule has 0 amide bonds. The van der Waals surface area contributed by atoms with Gasteiger partial charge in [-0.25, -0.2) is 9.97 Å². The molecule has 1 heterocycles. The molecule has 1 fully saturated rings. The van der Waals surface area contributed by atoms with Crippen LogP contribution in [0.1, 0.15) is 44.9 Å². The molecule has 19 heavy (non-hydrogen) atoms. The monoisotopic (exact) mass is 264 g/mol. The normalized spacial score (nSPS) is 16.5. The fourth-order valence-corrected chi connectivity index (χ4v) is 2.15. The summed E-state index contributed by atoms with van der Waals surface area (Å²) in [6.07, 6.45) is 3.27. The summed E-state index contributed by atoms with van der Waals surface area (Å²) in [4.78, 5) is 8.99. The van der Waals surface area contributed by atoms with Crippen molar-refractivity contribution in [3.8, 4) is 0 Å². The van der Waals surface area contributed by atoms with Gasteiger partial charge in [0.15, 0.2) is 0 Å². The van der Waals surface area contributed by atoms with Crippen LogP contribution in [0.2, 0.25) is 0 Å². The second kappa shape index (κ2) is 5.74. The largest absolute Gasteiger partial charge is 0.396 e. The predicted molar refractivity (Wildman–Crippen MR) is 77.5 cm³/mol. The first-order chi connectivity index (χ1) is 9.08. The lowest BCUT2D eigenvalue weighted by atomic mass is 10.0. The van der Waals surface area contributed by atoms with E-state index in [1.165, 1.54) is 12.8 Å². The van der Waals surface area contributed by atoms with Crippen LogP contribution >= 0.6 is 0 Å². The first-order valence-electron chi connectivity index (χ1n) is 7.00. The Labute approximate surface area is 114 Å². The van der Waals surface area contributed by atoms with Gasteiger partial charge in [-0.2, -0.15) is 0 Å². The van der Waals surface area contributed by atoms with Crippen LogP contribution < -0.4 is 10.6 Å². The molecule has 3 N–H and O–H groups in total. The average Bonchev–Trinajstić information content (AvgIpc) is 3.17. The molecule has 5 nitrogen and oxygen atoms in total. The topological polar surface area (TPSA) is 70.1 Å². The predicted octanol–water partition coefficient (Wildman–Crippen LogP) is 2.22. The molecule has 1 aliphatic carbocycles. The summed E-state index contributed by atoms with van der Waals surface area (Å²) in [6.45, 7) is 5.33. The molecule has 1 aliphatic rings. The Bertz CT molecular complexity index is 429. The number of aliphatic hydroxyl groups excluding tert-OH is 1. The summed E-state index contributed by atoms with van der Waals surface area (Å²) in [6, 6.07) is 1.93. The Morgan fingerprint density at radius 2 is 2.00 bits per heavy atom. The highest BCUT2D eigenvalue weighted by atomic mass is 16.3. The average molecular weight is 264 g/mol. The summed E-state index contributed by atoms with van der Waals surface area (Å²) in [5.74, 6) is 2.86. The minimum Gasteiger partial charge on any atom is -0.396 e. The van der Waals surface area contributed by atoms with E-state index in [1.807, 2.05) is 13.1 Å². The maximum absolute atomic E-state index is 9.07. The van der Waals surface area contributed by atoms with E-state index in [0.29, 0.717) is 5.92 Å². The van der Waals surface area contributed by atoms with E-state index in [1.54, 1.807) is 0 Å². The Morgan fingerprint density at radius 3 is 2.53 bits per heavy atom. The van der Waals surface area contributed by atoms with E-state index < -0.39 is 0 Å². The minimum atomic E-state index is 0.268. The summed E-state index contributed by atoms with van der Waals surface area (Å²) >= 11 is 0. The number of aliphatic hydroxyl groups is 1. The maximum atomic E-state index is 9.07. The van der Waals surface area contributed by atoms with Crippen molar-refractivity contribution >= 4 is 11.6 Å². The van der Waals surface area contributed by atoms with Gasteiger partial charge in [-0.15, -0.1) is 0 Å². The van der Waals surface area contributed by atoms with Gasteiger partial charge in [-0.1, -0.05) is 13.8 Å². The third kappa shape index (κ3) is 3.56. The zero-order valence-corrected chi connectivity index (χ0v) is 12.0. The third-order valence-electron chi connectivity index (χ3n) is 3.76. The van der Waals surface area contributed by atoms with E-state index in [0.717, 1.165) is 30.4 Å². The molecule has 5 heteroatoms. The molecule has 1 aromatic rings. The van der Waals surface area contributed by atoms with Gasteiger partial charge in [0.2, 0.25) is 0 Å². The summed E-state index contributed by atoms with van der Waals surface area (Å²) < 4.78 is 0. The lowest BCUT2D eigenvalue weighted by molar-refractivity contribution is 0.253. The van der Waals surface area contributed by atoms with Gasteiger partial charge in [0.1, 0.15) is 17.5 Å². The highest BCUT2D eigenvalue weighted by molar-refractivity contribution is 5.47. The standard InChI is InChI=1S/C14H24N4O/c1-10(2)13-17-11(15-3)8-12(18-13)16-9-14(4-5-14)6-7-19/h8,10,19H,4-7,9H2,1-3H3,(H2,15,16,17,18). The van der Waals surface area contributed by atoms with Crippen molar-refractivity contribution in [2.45, 2.75) is 39.0 Å². The smallest absolute Gasteiger partial charge is 0.135 e. The second-order valence-electron chi connectivity index (χ2n) is 5.73. The number of aromatic nitrogens is 2. The molecule has 0 unspecified atom stereocenters. The van der Waals surface area contributed by atoms with Crippen LogP contribution in [0, 0.1) is 5.41 Å². The van der Waals surface area contributed by atoms with Crippen molar-refractivity contribution in [1.29, 1.82) is 0 Å². The number of hydrogen-bond donors (Lipinski definition) is 3. The van der Waals surface area contributed by atoms with Gasteiger partial charge in [0, 0.05) is 32.2 Å². The van der Waals surface area contributed by atoms with E-state index in [4.69, 9.17) is 5.11 Å². The zero-order valence-electron chi connectivity index (χ0n) is 12.0. The van der Waals surface area contributed by atoms with Gasteiger partial charge in [-0.3, -0.25) is 0 Å². The van der Waals surface area contributed by atoms with Gasteiger partial charge < -0.3 is 15.7 Å². The molecule has 1 saturated carbocycles. The van der Waals surface area contributed by atoms with E-state index in [9.17, 15) is 0 Å². The fraction of sp³-hybridized carbons (Fsp3) is 0.714. The molecule has 2 rings (SSSR count). The highest BCUT2D eigenvalue weighted by Gasteiger charge is 2.41. The molecular formula is C14H24N4O. The maximum Gasteiger partial charge on any atom is 0.135 e. The van der Waals surface area contributed by atoms with Gasteiger partial charge >= 0.3 is 0 Å². The van der Waals surface area contributed by atoms with E-state index >= 15 is 0 Å². The SMILES string of the molecule is CNc1cc(NCC2(CCO)CC2)nc(C(C)C)n1. The highest BCUT2D eigenvalue weighted by Crippen LogP contribution is 2.48. The lowest BCUT2D eigenvalue weighted by Gasteiger charge is -2.16. The molecule has 106 valence electrons. The molecule has 0 atom stereocenters. The molecule has 0 bridgehead atoms. The molecule has 0 saturated heterocycles. The number of hydrogen-bond acceptors (Lipinski definition) is 5. The summed E-state index contributed by atoms with van der Waals surface area (Å²) in [5, 5.41) is 15.5. The van der Waals surface area contributed by atoms with Crippen LogP contribution in [-0.2, 0) is 0 Å². The van der Waals surface area contributed by atoms with Crippen molar-refractivity contribution in [2.24, 2.45) is 5.41 Å². The Hall–Kier alpha value is -1.36. The molecule has 0 spiro atoms. The van der Waals surface area contributed by atoms with Crippen LogP contribution in [0.4, 0.5) is 11.6 Å². The van der Waals surface area contributed by atoms with Gasteiger partial charge in [0.25, 0.3) is 0 Å². The van der Waals surface area contributed by atoms with Crippen LogP contribution in [0.3, 0.4) is 0 Å². The fourth-order valence-electron chi connectivity index (χ4n) is 2.15. The van der Waals surface area contributed by atoms with Crippen molar-refractivity contribution < 1.29 is 5.11 Å². The van der Waals surface area contributed by atoms with Crippen LogP contribution in [0.5, 0.6) is 0 Å². The Morgan fingerprint density at radius 1 is 1.32 bits per heavy atom. The Kier molecular flexibility index (Phi) is 4.24. The third-order valence-corrected chi connectivity index (χ3v) is 3.76. The lowest BCUT2D eigenvalue weighted by Crippen LogP contribution is -2.18. The molecule has 0 aromatic carbocycles. The van der Waals surface area contributed by atoms with Crippen molar-refractivity contribution in [3.63, 3.8) is 0 Å². The van der Waals surface area contributed by atoms with Crippen LogP contribution in [0.15, 0.2) is 6.07 Å². The van der Waals surface area contributed by atoms with Gasteiger partial charge in [-0.05, 0) is 24.7 Å². The zero-order chi connectivity index (χ0) is 13.9. The molecule has 1 aromatic heterocycles. The number of nitrogens with zero attached hydrogens (tertiary/aromatic N) is 2. The van der Waals surface area contributed by atoms with E-state index in [2.05, 4.69) is 34.4 Å². The quantitative estimate of drug-likeness (QED) is 0.704. The van der Waals surface area contributed by atoms with Crippen molar-refractivity contribution in [1.82, 2.24) is 9.97 Å². The van der Waals surface area contributed by atoms with Crippen molar-refractivity contribution in [3.05, 3.63) is 11.9 Å². The first kappa shape index (κ1) is 14.1. The molecule has 0 aliphatic heterocycles. The van der Waals surface area contributed by atoms with Crippen LogP contribution in [0.25, 0.3) is 0 Å². The second-order valence-corrected chi connectivity index (χ2v) is 5.73. The number of nitrogens with one attached hydrogen (secondary N) is 2. The molecule has 0 radical (unpaired) electrons. The molecular weight excluding hydrogens is 240 g/mol. The Balaban J connectivity index is 2.05. The first-order valence-corrected chi connectivity index (χ1v) is 7.00. The number of rotatable bonds is 7.